The third-order valence-corrected chi connectivity index (χ3v) is 3.48. The maximum Gasteiger partial charge on any atom is 0.312 e. The number of carbonyl (C=O) groups is 1. The highest BCUT2D eigenvalue weighted by molar-refractivity contribution is 6.33. The van der Waals surface area contributed by atoms with Crippen LogP contribution in [0.25, 0.3) is 0 Å². The first-order valence-corrected chi connectivity index (χ1v) is 7.34. The Balaban J connectivity index is 2.08. The van der Waals surface area contributed by atoms with Crippen molar-refractivity contribution in [1.29, 1.82) is 0 Å². The number of nitrogens with one attached hydrogen (secondary N) is 1. The molecular formula is C14H9Cl2N3O6. The molecular weight excluding hydrogens is 377 g/mol. The van der Waals surface area contributed by atoms with Gasteiger partial charge in [0.15, 0.2) is 12.4 Å². The molecule has 9 nitrogen and oxygen atoms in total. The number of benzene rings is 2. The van der Waals surface area contributed by atoms with Gasteiger partial charge < -0.3 is 10.1 Å². The largest absolute Gasteiger partial charge is 0.477 e. The summed E-state index contributed by atoms with van der Waals surface area (Å²) in [6, 6.07) is 7.26. The molecule has 0 unspecified atom stereocenters. The quantitative estimate of drug-likeness (QED) is 0.594. The van der Waals surface area contributed by atoms with Crippen LogP contribution in [0.3, 0.4) is 0 Å². The molecule has 0 aliphatic heterocycles. The van der Waals surface area contributed by atoms with Gasteiger partial charge in [0.25, 0.3) is 11.6 Å². The molecule has 0 aliphatic carbocycles. The van der Waals surface area contributed by atoms with Crippen LogP contribution in [-0.4, -0.2) is 22.4 Å². The van der Waals surface area contributed by atoms with E-state index in [1.54, 1.807) is 0 Å². The molecule has 0 bridgehead atoms. The summed E-state index contributed by atoms with van der Waals surface area (Å²) < 4.78 is 5.12. The molecule has 1 amide bonds. The number of non-ortho nitro benzene ring substituents is 1. The minimum Gasteiger partial charge on any atom is -0.477 e. The average Bonchev–Trinajstić information content (AvgIpc) is 2.55. The molecule has 0 fully saturated rings. The summed E-state index contributed by atoms with van der Waals surface area (Å²) in [5, 5.41) is 24.3. The number of amides is 1. The molecule has 0 spiro atoms. The van der Waals surface area contributed by atoms with Gasteiger partial charge in [-0.05, 0) is 18.2 Å². The molecule has 2 rings (SSSR count). The first-order chi connectivity index (χ1) is 11.8. The number of ether oxygens (including phenoxy) is 1. The molecule has 2 aromatic carbocycles. The minimum absolute atomic E-state index is 0.0232. The lowest BCUT2D eigenvalue weighted by molar-refractivity contribution is -0.385. The molecule has 0 heterocycles. The average molecular weight is 386 g/mol. The normalized spacial score (nSPS) is 10.2. The number of hydrogen-bond acceptors (Lipinski definition) is 6. The molecule has 0 aliphatic rings. The zero-order valence-corrected chi connectivity index (χ0v) is 13.8. The summed E-state index contributed by atoms with van der Waals surface area (Å²) in [5.74, 6) is -0.846. The Hall–Kier alpha value is -2.91. The van der Waals surface area contributed by atoms with E-state index in [1.807, 2.05) is 0 Å². The highest BCUT2D eigenvalue weighted by Crippen LogP contribution is 2.30. The Morgan fingerprint density at radius 2 is 1.80 bits per heavy atom. The number of rotatable bonds is 6. The van der Waals surface area contributed by atoms with Crippen molar-refractivity contribution in [1.82, 2.24) is 0 Å². The minimum atomic E-state index is -0.702. The van der Waals surface area contributed by atoms with Crippen molar-refractivity contribution in [2.24, 2.45) is 0 Å². The van der Waals surface area contributed by atoms with Gasteiger partial charge in [0.2, 0.25) is 0 Å². The molecule has 0 saturated carbocycles. The van der Waals surface area contributed by atoms with Crippen LogP contribution < -0.4 is 10.1 Å². The number of halogens is 2. The van der Waals surface area contributed by atoms with Crippen molar-refractivity contribution in [2.45, 2.75) is 0 Å². The first-order valence-electron chi connectivity index (χ1n) is 6.58. The Morgan fingerprint density at radius 3 is 2.44 bits per heavy atom. The van der Waals surface area contributed by atoms with E-state index in [4.69, 9.17) is 27.9 Å². The SMILES string of the molecule is O=C(COc1ccc(Cl)cc1[N+](=O)[O-])Nc1cc([N+](=O)[O-])ccc1Cl. The zero-order valence-electron chi connectivity index (χ0n) is 12.3. The third kappa shape index (κ3) is 4.78. The molecule has 130 valence electrons. The standard InChI is InChI=1S/C14H9Cl2N3O6/c15-8-1-4-13(12(5-8)19(23)24)25-7-14(20)17-11-6-9(18(21)22)2-3-10(11)16/h1-6H,7H2,(H,17,20). The van der Waals surface area contributed by atoms with Gasteiger partial charge in [-0.1, -0.05) is 23.2 Å². The fourth-order valence-electron chi connectivity index (χ4n) is 1.81. The van der Waals surface area contributed by atoms with E-state index >= 15 is 0 Å². The number of carbonyl (C=O) groups excluding carboxylic acids is 1. The number of nitrogens with zero attached hydrogens (tertiary/aromatic N) is 2. The maximum atomic E-state index is 11.9. The van der Waals surface area contributed by atoms with Gasteiger partial charge in [0, 0.05) is 23.2 Å². The zero-order chi connectivity index (χ0) is 18.6. The van der Waals surface area contributed by atoms with Gasteiger partial charge in [-0.2, -0.15) is 0 Å². The molecule has 1 N–H and O–H groups in total. The van der Waals surface area contributed by atoms with Crippen LogP contribution in [0.5, 0.6) is 5.75 Å². The van der Waals surface area contributed by atoms with Crippen molar-refractivity contribution in [2.75, 3.05) is 11.9 Å². The lowest BCUT2D eigenvalue weighted by Gasteiger charge is -2.09. The van der Waals surface area contributed by atoms with Crippen LogP contribution in [0.4, 0.5) is 17.1 Å². The Bertz CT molecular complexity index is 858. The molecule has 0 aromatic heterocycles. The van der Waals surface area contributed by atoms with E-state index < -0.39 is 28.0 Å². The summed E-state index contributed by atoms with van der Waals surface area (Å²) >= 11 is 11.5. The van der Waals surface area contributed by atoms with Crippen LogP contribution in [0.2, 0.25) is 10.0 Å². The van der Waals surface area contributed by atoms with Crippen molar-refractivity contribution < 1.29 is 19.4 Å². The van der Waals surface area contributed by atoms with Crippen molar-refractivity contribution in [3.8, 4) is 5.75 Å². The van der Waals surface area contributed by atoms with Crippen molar-refractivity contribution in [3.05, 3.63) is 66.7 Å². The number of anilines is 1. The predicted octanol–water partition coefficient (Wildman–Crippen LogP) is 3.83. The van der Waals surface area contributed by atoms with E-state index in [0.29, 0.717) is 0 Å². The van der Waals surface area contributed by atoms with Gasteiger partial charge in [-0.3, -0.25) is 25.0 Å². The van der Waals surface area contributed by atoms with Crippen LogP contribution in [0.15, 0.2) is 36.4 Å². The van der Waals surface area contributed by atoms with Crippen LogP contribution in [-0.2, 0) is 4.79 Å². The van der Waals surface area contributed by atoms with Crippen LogP contribution in [0, 0.1) is 20.2 Å². The Kier molecular flexibility index (Phi) is 5.73. The second-order valence-electron chi connectivity index (χ2n) is 4.63. The summed E-state index contributed by atoms with van der Waals surface area (Å²) in [7, 11) is 0. The van der Waals surface area contributed by atoms with Gasteiger partial charge in [0.05, 0.1) is 20.6 Å². The van der Waals surface area contributed by atoms with E-state index in [0.717, 1.165) is 12.1 Å². The lowest BCUT2D eigenvalue weighted by Crippen LogP contribution is -2.20. The molecule has 0 saturated heterocycles. The highest BCUT2D eigenvalue weighted by atomic mass is 35.5. The van der Waals surface area contributed by atoms with Gasteiger partial charge in [0.1, 0.15) is 0 Å². The smallest absolute Gasteiger partial charge is 0.312 e. The van der Waals surface area contributed by atoms with Gasteiger partial charge in [-0.25, -0.2) is 0 Å². The molecule has 11 heteroatoms. The molecule has 0 radical (unpaired) electrons. The maximum absolute atomic E-state index is 11.9. The summed E-state index contributed by atoms with van der Waals surface area (Å²) in [5.41, 5.74) is -0.627. The van der Waals surface area contributed by atoms with Gasteiger partial charge >= 0.3 is 5.69 Å². The van der Waals surface area contributed by atoms with Crippen molar-refractivity contribution >= 4 is 46.2 Å². The molecule has 2 aromatic rings. The van der Waals surface area contributed by atoms with Crippen LogP contribution >= 0.6 is 23.2 Å². The fraction of sp³-hybridized carbons (Fsp3) is 0.0714. The number of nitro benzene ring substituents is 2. The topological polar surface area (TPSA) is 125 Å². The molecule has 0 atom stereocenters. The van der Waals surface area contributed by atoms with Crippen LogP contribution in [0.1, 0.15) is 0 Å². The molecule has 25 heavy (non-hydrogen) atoms. The second kappa shape index (κ2) is 7.77. The van der Waals surface area contributed by atoms with E-state index in [9.17, 15) is 25.0 Å². The third-order valence-electron chi connectivity index (χ3n) is 2.91. The highest BCUT2D eigenvalue weighted by Gasteiger charge is 2.18. The number of nitro groups is 2. The van der Waals surface area contributed by atoms with Crippen molar-refractivity contribution in [3.63, 3.8) is 0 Å². The van der Waals surface area contributed by atoms with Gasteiger partial charge in [-0.15, -0.1) is 0 Å². The summed E-state index contributed by atoms with van der Waals surface area (Å²) in [4.78, 5) is 32.3. The first kappa shape index (κ1) is 18.4. The second-order valence-corrected chi connectivity index (χ2v) is 5.47. The lowest BCUT2D eigenvalue weighted by atomic mass is 10.2. The Morgan fingerprint density at radius 1 is 1.08 bits per heavy atom. The van der Waals surface area contributed by atoms with E-state index in [2.05, 4.69) is 5.32 Å². The summed E-state index contributed by atoms with van der Waals surface area (Å²) in [6.07, 6.45) is 0. The Labute approximate surface area is 150 Å². The predicted molar refractivity (Wildman–Crippen MR) is 90.3 cm³/mol. The number of hydrogen-bond donors (Lipinski definition) is 1. The van der Waals surface area contributed by atoms with E-state index in [-0.39, 0.29) is 27.2 Å². The monoisotopic (exact) mass is 385 g/mol. The summed E-state index contributed by atoms with van der Waals surface area (Å²) in [6.45, 7) is -0.568. The van der Waals surface area contributed by atoms with E-state index in [1.165, 1.54) is 24.3 Å². The fourth-order valence-corrected chi connectivity index (χ4v) is 2.14.